The molecule has 0 saturated carbocycles. The summed E-state index contributed by atoms with van der Waals surface area (Å²) in [6.07, 6.45) is 9.24. The van der Waals surface area contributed by atoms with E-state index in [1.807, 2.05) is 0 Å². The SMILES string of the molecule is CNC(CSC(C)(C)C)C1=CCCCCC1. The number of rotatable bonds is 4. The Hall–Kier alpha value is 0.0500. The quantitative estimate of drug-likeness (QED) is 0.747. The zero-order valence-corrected chi connectivity index (χ0v) is 12.1. The van der Waals surface area contributed by atoms with Gasteiger partial charge in [0.15, 0.2) is 0 Å². The number of nitrogens with one attached hydrogen (secondary N) is 1. The van der Waals surface area contributed by atoms with Gasteiger partial charge in [-0.3, -0.25) is 0 Å². The molecule has 1 N–H and O–H groups in total. The van der Waals surface area contributed by atoms with Crippen LogP contribution >= 0.6 is 11.8 Å². The van der Waals surface area contributed by atoms with Gasteiger partial charge in [-0.1, -0.05) is 38.8 Å². The van der Waals surface area contributed by atoms with Gasteiger partial charge < -0.3 is 5.32 Å². The van der Waals surface area contributed by atoms with E-state index in [-0.39, 0.29) is 0 Å². The molecule has 0 saturated heterocycles. The van der Waals surface area contributed by atoms with Crippen molar-refractivity contribution in [2.24, 2.45) is 0 Å². The second-order valence-electron chi connectivity index (χ2n) is 5.64. The molecule has 0 spiro atoms. The lowest BCUT2D eigenvalue weighted by Gasteiger charge is -2.24. The standard InChI is InChI=1S/C14H27NS/c1-14(2,3)16-11-13(15-4)12-9-7-5-6-8-10-12/h9,13,15H,5-8,10-11H2,1-4H3. The molecule has 16 heavy (non-hydrogen) atoms. The number of hydrogen-bond acceptors (Lipinski definition) is 2. The first-order valence-corrected chi connectivity index (χ1v) is 7.51. The van der Waals surface area contributed by atoms with E-state index in [1.54, 1.807) is 5.57 Å². The largest absolute Gasteiger partial charge is 0.313 e. The van der Waals surface area contributed by atoms with Gasteiger partial charge in [0.05, 0.1) is 0 Å². The average Bonchev–Trinajstić information content (AvgIpc) is 2.46. The normalized spacial score (nSPS) is 20.1. The molecule has 1 aliphatic rings. The molecule has 2 heteroatoms. The van der Waals surface area contributed by atoms with Gasteiger partial charge in [-0.05, 0) is 32.7 Å². The van der Waals surface area contributed by atoms with Gasteiger partial charge in [0, 0.05) is 16.5 Å². The van der Waals surface area contributed by atoms with Crippen molar-refractivity contribution in [1.82, 2.24) is 5.32 Å². The van der Waals surface area contributed by atoms with Crippen LogP contribution in [0.15, 0.2) is 11.6 Å². The van der Waals surface area contributed by atoms with Crippen LogP contribution in [-0.2, 0) is 0 Å². The number of thioether (sulfide) groups is 1. The van der Waals surface area contributed by atoms with Crippen LogP contribution in [0.4, 0.5) is 0 Å². The lowest BCUT2D eigenvalue weighted by Crippen LogP contribution is -2.31. The average molecular weight is 241 g/mol. The highest BCUT2D eigenvalue weighted by Gasteiger charge is 2.18. The topological polar surface area (TPSA) is 12.0 Å². The van der Waals surface area contributed by atoms with Crippen molar-refractivity contribution >= 4 is 11.8 Å². The van der Waals surface area contributed by atoms with Crippen LogP contribution in [0, 0.1) is 0 Å². The van der Waals surface area contributed by atoms with E-state index in [2.05, 4.69) is 51.0 Å². The van der Waals surface area contributed by atoms with Crippen LogP contribution in [-0.4, -0.2) is 23.6 Å². The summed E-state index contributed by atoms with van der Waals surface area (Å²) >= 11 is 2.06. The van der Waals surface area contributed by atoms with Gasteiger partial charge in [0.2, 0.25) is 0 Å². The molecule has 1 nitrogen and oxygen atoms in total. The van der Waals surface area contributed by atoms with Crippen molar-refractivity contribution in [2.45, 2.75) is 63.7 Å². The van der Waals surface area contributed by atoms with Crippen molar-refractivity contribution in [1.29, 1.82) is 0 Å². The summed E-state index contributed by atoms with van der Waals surface area (Å²) in [5.74, 6) is 1.20. The Morgan fingerprint density at radius 1 is 1.31 bits per heavy atom. The summed E-state index contributed by atoms with van der Waals surface area (Å²) in [7, 11) is 2.10. The van der Waals surface area contributed by atoms with E-state index in [9.17, 15) is 0 Å². The highest BCUT2D eigenvalue weighted by atomic mass is 32.2. The van der Waals surface area contributed by atoms with Gasteiger partial charge in [0.25, 0.3) is 0 Å². The minimum atomic E-state index is 0.375. The van der Waals surface area contributed by atoms with Crippen LogP contribution < -0.4 is 5.32 Å². The molecule has 0 fully saturated rings. The van der Waals surface area contributed by atoms with Crippen molar-refractivity contribution in [2.75, 3.05) is 12.8 Å². The van der Waals surface area contributed by atoms with Gasteiger partial charge in [0.1, 0.15) is 0 Å². The molecule has 1 unspecified atom stereocenters. The zero-order chi connectivity index (χ0) is 12.0. The molecule has 94 valence electrons. The molecular formula is C14H27NS. The Kier molecular flexibility index (Phi) is 5.91. The first-order chi connectivity index (χ1) is 7.53. The summed E-state index contributed by atoms with van der Waals surface area (Å²) in [6.45, 7) is 6.89. The van der Waals surface area contributed by atoms with Crippen LogP contribution in [0.3, 0.4) is 0 Å². The lowest BCUT2D eigenvalue weighted by atomic mass is 10.0. The van der Waals surface area contributed by atoms with E-state index in [0.29, 0.717) is 10.8 Å². The van der Waals surface area contributed by atoms with E-state index in [0.717, 1.165) is 0 Å². The van der Waals surface area contributed by atoms with Crippen molar-refractivity contribution in [3.63, 3.8) is 0 Å². The summed E-state index contributed by atoms with van der Waals surface area (Å²) in [5, 5.41) is 3.48. The summed E-state index contributed by atoms with van der Waals surface area (Å²) in [4.78, 5) is 0. The van der Waals surface area contributed by atoms with Gasteiger partial charge >= 0.3 is 0 Å². The summed E-state index contributed by atoms with van der Waals surface area (Å²) < 4.78 is 0.375. The predicted octanol–water partition coefficient (Wildman–Crippen LogP) is 4.00. The molecule has 0 aromatic heterocycles. The first-order valence-electron chi connectivity index (χ1n) is 6.53. The third kappa shape index (κ3) is 5.40. The molecule has 0 bridgehead atoms. The Morgan fingerprint density at radius 2 is 2.06 bits per heavy atom. The van der Waals surface area contributed by atoms with Crippen LogP contribution in [0.1, 0.15) is 52.9 Å². The number of allylic oxidation sites excluding steroid dienone is 1. The van der Waals surface area contributed by atoms with E-state index in [4.69, 9.17) is 0 Å². The van der Waals surface area contributed by atoms with Gasteiger partial charge in [-0.25, -0.2) is 0 Å². The Balaban J connectivity index is 2.49. The second-order valence-corrected chi connectivity index (χ2v) is 7.49. The molecule has 1 aliphatic carbocycles. The van der Waals surface area contributed by atoms with E-state index < -0.39 is 0 Å². The van der Waals surface area contributed by atoms with Gasteiger partial charge in [-0.15, -0.1) is 0 Å². The summed E-state index contributed by atoms with van der Waals surface area (Å²) in [5.41, 5.74) is 1.65. The molecule has 1 atom stereocenters. The smallest absolute Gasteiger partial charge is 0.0368 e. The first kappa shape index (κ1) is 14.1. The van der Waals surface area contributed by atoms with Gasteiger partial charge in [-0.2, -0.15) is 11.8 Å². The van der Waals surface area contributed by atoms with Crippen LogP contribution in [0.2, 0.25) is 0 Å². The molecule has 0 radical (unpaired) electrons. The Labute approximate surface area is 105 Å². The van der Waals surface area contributed by atoms with E-state index >= 15 is 0 Å². The Bertz CT molecular complexity index is 227. The molecular weight excluding hydrogens is 214 g/mol. The minimum absolute atomic E-state index is 0.375. The third-order valence-electron chi connectivity index (χ3n) is 3.06. The second kappa shape index (κ2) is 6.70. The molecule has 0 aliphatic heterocycles. The summed E-state index contributed by atoms with van der Waals surface area (Å²) in [6, 6.07) is 0.585. The van der Waals surface area contributed by atoms with Crippen molar-refractivity contribution in [3.8, 4) is 0 Å². The Morgan fingerprint density at radius 3 is 2.69 bits per heavy atom. The fourth-order valence-corrected chi connectivity index (χ4v) is 3.11. The molecule has 0 aromatic carbocycles. The fraction of sp³-hybridized carbons (Fsp3) is 0.857. The molecule has 0 amide bonds. The van der Waals surface area contributed by atoms with Crippen molar-refractivity contribution in [3.05, 3.63) is 11.6 Å². The maximum atomic E-state index is 3.48. The maximum Gasteiger partial charge on any atom is 0.0368 e. The monoisotopic (exact) mass is 241 g/mol. The zero-order valence-electron chi connectivity index (χ0n) is 11.3. The van der Waals surface area contributed by atoms with Crippen LogP contribution in [0.5, 0.6) is 0 Å². The number of hydrogen-bond donors (Lipinski definition) is 1. The molecule has 0 aromatic rings. The lowest BCUT2D eigenvalue weighted by molar-refractivity contribution is 0.642. The van der Waals surface area contributed by atoms with E-state index in [1.165, 1.54) is 37.9 Å². The maximum absolute atomic E-state index is 3.48. The minimum Gasteiger partial charge on any atom is -0.313 e. The third-order valence-corrected chi connectivity index (χ3v) is 4.42. The molecule has 0 heterocycles. The fourth-order valence-electron chi connectivity index (χ4n) is 2.07. The van der Waals surface area contributed by atoms with Crippen LogP contribution in [0.25, 0.3) is 0 Å². The predicted molar refractivity (Wildman–Crippen MR) is 76.2 cm³/mol. The van der Waals surface area contributed by atoms with Crippen molar-refractivity contribution < 1.29 is 0 Å². The highest BCUT2D eigenvalue weighted by molar-refractivity contribution is 8.00. The molecule has 1 rings (SSSR count). The number of likely N-dealkylation sites (N-methyl/N-ethyl adjacent to an activating group) is 1. The highest BCUT2D eigenvalue weighted by Crippen LogP contribution is 2.27.